The molecule has 1 aromatic carbocycles. The van der Waals surface area contributed by atoms with Crippen molar-refractivity contribution in [3.05, 3.63) is 105 Å². The molecular weight excluding hydrogens is 426 g/mol. The van der Waals surface area contributed by atoms with Crippen LogP contribution in [0.3, 0.4) is 0 Å². The summed E-state index contributed by atoms with van der Waals surface area (Å²) in [6, 6.07) is 21.5. The molecule has 0 saturated carbocycles. The molecule has 154 valence electrons. The van der Waals surface area contributed by atoms with Gasteiger partial charge in [0.15, 0.2) is 5.16 Å². The Morgan fingerprint density at radius 3 is 2.68 bits per heavy atom. The van der Waals surface area contributed by atoms with Gasteiger partial charge in [0.05, 0.1) is 5.69 Å². The number of rotatable bonds is 6. The minimum Gasteiger partial charge on any atom is -0.274 e. The number of benzene rings is 1. The fourth-order valence-electron chi connectivity index (χ4n) is 3.49. The summed E-state index contributed by atoms with van der Waals surface area (Å²) < 4.78 is 3.71. The Morgan fingerprint density at radius 1 is 1.00 bits per heavy atom. The Balaban J connectivity index is 1.47. The highest BCUT2D eigenvalue weighted by atomic mass is 32.2. The second kappa shape index (κ2) is 8.49. The first kappa shape index (κ1) is 19.7. The first-order chi connectivity index (χ1) is 15.2. The number of nitrogens with zero attached hydrogens (tertiary/aromatic N) is 5. The molecule has 0 aliphatic rings. The molecule has 6 nitrogen and oxygen atoms in total. The lowest BCUT2D eigenvalue weighted by atomic mass is 10.3. The molecule has 0 fully saturated rings. The Hall–Kier alpha value is -3.23. The summed E-state index contributed by atoms with van der Waals surface area (Å²) in [7, 11) is 0. The molecule has 0 spiro atoms. The topological polar surface area (TPSA) is 65.1 Å². The summed E-state index contributed by atoms with van der Waals surface area (Å²) >= 11 is 3.24. The maximum atomic E-state index is 12.6. The lowest BCUT2D eigenvalue weighted by Crippen LogP contribution is -2.17. The standard InChI is InChI=1S/C23H19N5OS2/c1-16-7-5-11-20-24-17(13-22(29)27(16)20)15-31-23-26-25-21(14-19-10-6-12-30-19)28(23)18-8-3-2-4-9-18/h2-13H,14-15H2,1H3. The van der Waals surface area contributed by atoms with E-state index in [0.717, 1.165) is 34.5 Å². The van der Waals surface area contributed by atoms with Gasteiger partial charge in [-0.2, -0.15) is 0 Å². The van der Waals surface area contributed by atoms with Crippen LogP contribution in [-0.2, 0) is 12.2 Å². The number of pyridine rings is 1. The molecule has 0 saturated heterocycles. The SMILES string of the molecule is Cc1cccc2nc(CSc3nnc(Cc4cccs4)n3-c3ccccc3)cc(=O)n12. The van der Waals surface area contributed by atoms with E-state index < -0.39 is 0 Å². The second-order valence-corrected chi connectivity index (χ2v) is 9.04. The van der Waals surface area contributed by atoms with Gasteiger partial charge >= 0.3 is 0 Å². The van der Waals surface area contributed by atoms with Crippen LogP contribution in [0.2, 0.25) is 0 Å². The minimum atomic E-state index is -0.0680. The predicted molar refractivity (Wildman–Crippen MR) is 124 cm³/mol. The Labute approximate surface area is 187 Å². The number of thioether (sulfide) groups is 1. The van der Waals surface area contributed by atoms with Crippen molar-refractivity contribution < 1.29 is 0 Å². The van der Waals surface area contributed by atoms with Gasteiger partial charge in [0.1, 0.15) is 11.5 Å². The van der Waals surface area contributed by atoms with Crippen molar-refractivity contribution in [3.63, 3.8) is 0 Å². The average molecular weight is 446 g/mol. The molecule has 31 heavy (non-hydrogen) atoms. The third-order valence-electron chi connectivity index (χ3n) is 4.91. The van der Waals surface area contributed by atoms with Crippen LogP contribution in [-0.4, -0.2) is 24.1 Å². The Kier molecular flexibility index (Phi) is 5.40. The number of fused-ring (bicyclic) bond motifs is 1. The van der Waals surface area contributed by atoms with E-state index in [1.807, 2.05) is 49.4 Å². The summed E-state index contributed by atoms with van der Waals surface area (Å²) in [6.45, 7) is 1.90. The summed E-state index contributed by atoms with van der Waals surface area (Å²) in [5.41, 5.74) is 3.20. The average Bonchev–Trinajstić information content (AvgIpc) is 3.43. The first-order valence-corrected chi connectivity index (χ1v) is 11.7. The second-order valence-electron chi connectivity index (χ2n) is 7.06. The van der Waals surface area contributed by atoms with E-state index in [0.29, 0.717) is 11.4 Å². The van der Waals surface area contributed by atoms with Crippen LogP contribution < -0.4 is 5.56 Å². The number of aryl methyl sites for hydroxylation is 1. The molecule has 0 amide bonds. The summed E-state index contributed by atoms with van der Waals surface area (Å²) in [5, 5.41) is 11.8. The van der Waals surface area contributed by atoms with Crippen molar-refractivity contribution in [2.75, 3.05) is 0 Å². The fourth-order valence-corrected chi connectivity index (χ4v) is 5.05. The number of hydrogen-bond donors (Lipinski definition) is 0. The Bertz CT molecular complexity index is 1390. The molecular formula is C23H19N5OS2. The molecule has 8 heteroatoms. The highest BCUT2D eigenvalue weighted by Gasteiger charge is 2.16. The van der Waals surface area contributed by atoms with Gasteiger partial charge in [0, 0.05) is 34.5 Å². The van der Waals surface area contributed by atoms with E-state index in [1.165, 1.54) is 16.6 Å². The van der Waals surface area contributed by atoms with Gasteiger partial charge in [0.25, 0.3) is 5.56 Å². The molecule has 0 bridgehead atoms. The van der Waals surface area contributed by atoms with E-state index in [-0.39, 0.29) is 5.56 Å². The largest absolute Gasteiger partial charge is 0.274 e. The highest BCUT2D eigenvalue weighted by molar-refractivity contribution is 7.98. The molecule has 4 aromatic heterocycles. The third-order valence-corrected chi connectivity index (χ3v) is 6.75. The zero-order valence-electron chi connectivity index (χ0n) is 16.8. The van der Waals surface area contributed by atoms with E-state index in [9.17, 15) is 4.79 Å². The first-order valence-electron chi connectivity index (χ1n) is 9.82. The smallest absolute Gasteiger partial charge is 0.258 e. The normalized spacial score (nSPS) is 11.3. The molecule has 0 radical (unpaired) electrons. The lowest BCUT2D eigenvalue weighted by Gasteiger charge is -2.10. The van der Waals surface area contributed by atoms with Gasteiger partial charge in [-0.05, 0) is 42.6 Å². The molecule has 5 rings (SSSR count). The van der Waals surface area contributed by atoms with Crippen LogP contribution in [0.1, 0.15) is 22.1 Å². The van der Waals surface area contributed by atoms with E-state index >= 15 is 0 Å². The van der Waals surface area contributed by atoms with Crippen LogP contribution in [0.4, 0.5) is 0 Å². The number of hydrogen-bond acceptors (Lipinski definition) is 6. The number of aromatic nitrogens is 5. The molecule has 0 N–H and O–H groups in total. The van der Waals surface area contributed by atoms with Gasteiger partial charge < -0.3 is 0 Å². The highest BCUT2D eigenvalue weighted by Crippen LogP contribution is 2.26. The van der Waals surface area contributed by atoms with Crippen LogP contribution in [0.15, 0.2) is 82.1 Å². The van der Waals surface area contributed by atoms with Crippen LogP contribution >= 0.6 is 23.1 Å². The number of para-hydroxylation sites is 1. The van der Waals surface area contributed by atoms with Gasteiger partial charge in [-0.25, -0.2) is 4.98 Å². The van der Waals surface area contributed by atoms with Crippen LogP contribution in [0.5, 0.6) is 0 Å². The van der Waals surface area contributed by atoms with Gasteiger partial charge in [-0.15, -0.1) is 21.5 Å². The van der Waals surface area contributed by atoms with Gasteiger partial charge in [-0.1, -0.05) is 42.1 Å². The van der Waals surface area contributed by atoms with Crippen molar-refractivity contribution in [1.29, 1.82) is 0 Å². The zero-order valence-corrected chi connectivity index (χ0v) is 18.4. The number of thiophene rings is 1. The van der Waals surface area contributed by atoms with Crippen LogP contribution in [0, 0.1) is 6.92 Å². The van der Waals surface area contributed by atoms with Crippen molar-refractivity contribution >= 4 is 28.7 Å². The molecule has 0 aliphatic heterocycles. The summed E-state index contributed by atoms with van der Waals surface area (Å²) in [4.78, 5) is 18.5. The van der Waals surface area contributed by atoms with Gasteiger partial charge in [0.2, 0.25) is 0 Å². The molecule has 0 aliphatic carbocycles. The van der Waals surface area contributed by atoms with Crippen molar-refractivity contribution in [1.82, 2.24) is 24.1 Å². The van der Waals surface area contributed by atoms with Crippen molar-refractivity contribution in [3.8, 4) is 5.69 Å². The minimum absolute atomic E-state index is 0.0680. The van der Waals surface area contributed by atoms with Gasteiger partial charge in [-0.3, -0.25) is 13.8 Å². The summed E-state index contributed by atoms with van der Waals surface area (Å²) in [5.74, 6) is 1.42. The molecule has 4 heterocycles. The third kappa shape index (κ3) is 4.04. The van der Waals surface area contributed by atoms with Crippen molar-refractivity contribution in [2.45, 2.75) is 24.3 Å². The molecule has 0 unspecified atom stereocenters. The van der Waals surface area contributed by atoms with Crippen molar-refractivity contribution in [2.24, 2.45) is 0 Å². The lowest BCUT2D eigenvalue weighted by molar-refractivity contribution is 0.850. The van der Waals surface area contributed by atoms with E-state index in [2.05, 4.69) is 43.3 Å². The predicted octanol–water partition coefficient (Wildman–Crippen LogP) is 4.53. The maximum absolute atomic E-state index is 12.6. The summed E-state index contributed by atoms with van der Waals surface area (Å²) in [6.07, 6.45) is 0.717. The molecule has 0 atom stereocenters. The monoisotopic (exact) mass is 445 g/mol. The fraction of sp³-hybridized carbons (Fsp3) is 0.130. The van der Waals surface area contributed by atoms with E-state index in [4.69, 9.17) is 0 Å². The van der Waals surface area contributed by atoms with Crippen LogP contribution in [0.25, 0.3) is 11.3 Å². The quantitative estimate of drug-likeness (QED) is 0.359. The molecule has 5 aromatic rings. The Morgan fingerprint density at radius 2 is 1.87 bits per heavy atom. The van der Waals surface area contributed by atoms with E-state index in [1.54, 1.807) is 21.8 Å². The zero-order chi connectivity index (χ0) is 21.2. The maximum Gasteiger partial charge on any atom is 0.258 e.